The normalized spacial score (nSPS) is 11.7. The van der Waals surface area contributed by atoms with Crippen LogP contribution in [0.5, 0.6) is 0 Å². The third-order valence-electron chi connectivity index (χ3n) is 2.61. The molecule has 0 fully saturated rings. The van der Waals surface area contributed by atoms with Gasteiger partial charge in [0.25, 0.3) is 10.0 Å². The van der Waals surface area contributed by atoms with Crippen LogP contribution in [0.2, 0.25) is 0 Å². The van der Waals surface area contributed by atoms with Crippen LogP contribution >= 0.6 is 0 Å². The molecule has 0 amide bonds. The Morgan fingerprint density at radius 2 is 2.00 bits per heavy atom. The molecular weight excluding hydrogens is 250 g/mol. The Bertz CT molecular complexity index is 619. The number of rotatable bonds is 4. The highest BCUT2D eigenvalue weighted by molar-refractivity contribution is 7.92. The smallest absolute Gasteiger partial charge is 0.265 e. The maximum atomic E-state index is 12.1. The summed E-state index contributed by atoms with van der Waals surface area (Å²) >= 11 is 0. The Hall–Kier alpha value is -1.82. The Labute approximate surface area is 106 Å². The minimum absolute atomic E-state index is 0.126. The summed E-state index contributed by atoms with van der Waals surface area (Å²) in [6.45, 7) is 4.04. The fourth-order valence-corrected chi connectivity index (χ4v) is 2.68. The number of hydrogen-bond acceptors (Lipinski definition) is 3. The number of aromatic amines is 1. The van der Waals surface area contributed by atoms with Crippen LogP contribution in [0.4, 0.5) is 5.69 Å². The highest BCUT2D eigenvalue weighted by Crippen LogP contribution is 2.25. The first-order valence-electron chi connectivity index (χ1n) is 5.61. The van der Waals surface area contributed by atoms with Gasteiger partial charge in [-0.2, -0.15) is 5.10 Å². The molecule has 1 aromatic carbocycles. The van der Waals surface area contributed by atoms with E-state index in [-0.39, 0.29) is 10.8 Å². The van der Waals surface area contributed by atoms with Gasteiger partial charge < -0.3 is 0 Å². The maximum Gasteiger partial charge on any atom is 0.265 e. The molecule has 1 aromatic heterocycles. The number of H-pyrrole nitrogens is 1. The summed E-state index contributed by atoms with van der Waals surface area (Å²) in [4.78, 5) is 0.126. The van der Waals surface area contributed by atoms with E-state index < -0.39 is 10.0 Å². The lowest BCUT2D eigenvalue weighted by Gasteiger charge is -2.13. The summed E-state index contributed by atoms with van der Waals surface area (Å²) in [5, 5.41) is 6.13. The average molecular weight is 265 g/mol. The van der Waals surface area contributed by atoms with Crippen molar-refractivity contribution in [2.45, 2.75) is 24.7 Å². The first kappa shape index (κ1) is 12.6. The molecule has 1 heterocycles. The van der Waals surface area contributed by atoms with Crippen molar-refractivity contribution < 1.29 is 8.42 Å². The third-order valence-corrected chi connectivity index (χ3v) is 3.94. The van der Waals surface area contributed by atoms with Gasteiger partial charge >= 0.3 is 0 Å². The third kappa shape index (κ3) is 2.53. The van der Waals surface area contributed by atoms with Crippen molar-refractivity contribution in [3.05, 3.63) is 42.2 Å². The van der Waals surface area contributed by atoms with E-state index in [1.165, 1.54) is 12.4 Å². The van der Waals surface area contributed by atoms with Crippen LogP contribution in [-0.4, -0.2) is 18.6 Å². The molecule has 2 rings (SSSR count). The van der Waals surface area contributed by atoms with Gasteiger partial charge in [-0.05, 0) is 17.5 Å². The number of nitrogens with zero attached hydrogens (tertiary/aromatic N) is 1. The highest BCUT2D eigenvalue weighted by Gasteiger charge is 2.17. The van der Waals surface area contributed by atoms with Gasteiger partial charge in [0.2, 0.25) is 0 Å². The van der Waals surface area contributed by atoms with E-state index in [0.717, 1.165) is 5.56 Å². The molecular formula is C12H15N3O2S. The zero-order valence-electron chi connectivity index (χ0n) is 10.2. The number of hydrogen-bond donors (Lipinski definition) is 2. The second-order valence-corrected chi connectivity index (χ2v) is 5.96. The molecule has 96 valence electrons. The van der Waals surface area contributed by atoms with Crippen LogP contribution in [0.3, 0.4) is 0 Å². The Morgan fingerprint density at radius 1 is 1.28 bits per heavy atom. The number of benzene rings is 1. The average Bonchev–Trinajstić information content (AvgIpc) is 2.83. The molecule has 0 aliphatic rings. The lowest BCUT2D eigenvalue weighted by atomic mass is 10.0. The molecule has 0 bridgehead atoms. The second-order valence-electron chi connectivity index (χ2n) is 4.28. The van der Waals surface area contributed by atoms with Crippen LogP contribution in [0.15, 0.2) is 41.6 Å². The monoisotopic (exact) mass is 265 g/mol. The predicted molar refractivity (Wildman–Crippen MR) is 69.9 cm³/mol. The largest absolute Gasteiger partial charge is 0.284 e. The fourth-order valence-electron chi connectivity index (χ4n) is 1.68. The predicted octanol–water partition coefficient (Wildman–Crippen LogP) is 2.33. The van der Waals surface area contributed by atoms with Gasteiger partial charge in [-0.15, -0.1) is 0 Å². The van der Waals surface area contributed by atoms with E-state index in [1.54, 1.807) is 12.1 Å². The van der Waals surface area contributed by atoms with Crippen molar-refractivity contribution in [1.29, 1.82) is 0 Å². The fraction of sp³-hybridized carbons (Fsp3) is 0.250. The minimum atomic E-state index is -3.57. The Morgan fingerprint density at radius 3 is 2.61 bits per heavy atom. The number of aromatic nitrogens is 2. The van der Waals surface area contributed by atoms with E-state index in [9.17, 15) is 8.42 Å². The molecule has 2 aromatic rings. The van der Waals surface area contributed by atoms with Gasteiger partial charge in [0, 0.05) is 6.20 Å². The first-order valence-corrected chi connectivity index (χ1v) is 7.09. The molecule has 0 unspecified atom stereocenters. The topological polar surface area (TPSA) is 74.8 Å². The first-order chi connectivity index (χ1) is 8.50. The maximum absolute atomic E-state index is 12.1. The minimum Gasteiger partial charge on any atom is -0.284 e. The van der Waals surface area contributed by atoms with Crippen molar-refractivity contribution in [2.75, 3.05) is 4.72 Å². The van der Waals surface area contributed by atoms with Gasteiger partial charge in [-0.3, -0.25) is 9.82 Å². The van der Waals surface area contributed by atoms with Gasteiger partial charge in [-0.1, -0.05) is 32.0 Å². The molecule has 0 aliphatic heterocycles. The quantitative estimate of drug-likeness (QED) is 0.891. The summed E-state index contributed by atoms with van der Waals surface area (Å²) in [5.74, 6) is 0.244. The lowest BCUT2D eigenvalue weighted by Crippen LogP contribution is -2.13. The second kappa shape index (κ2) is 4.81. The molecule has 0 radical (unpaired) electrons. The zero-order valence-corrected chi connectivity index (χ0v) is 11.0. The van der Waals surface area contributed by atoms with Gasteiger partial charge in [0.15, 0.2) is 0 Å². The molecule has 5 nitrogen and oxygen atoms in total. The van der Waals surface area contributed by atoms with E-state index in [2.05, 4.69) is 14.9 Å². The van der Waals surface area contributed by atoms with Gasteiger partial charge in [0.05, 0.1) is 11.9 Å². The molecule has 0 saturated heterocycles. The number of sulfonamides is 1. The Balaban J connectivity index is 2.36. The van der Waals surface area contributed by atoms with Crippen molar-refractivity contribution in [1.82, 2.24) is 10.2 Å². The molecule has 6 heteroatoms. The summed E-state index contributed by atoms with van der Waals surface area (Å²) in [5.41, 5.74) is 1.57. The van der Waals surface area contributed by atoms with Crippen LogP contribution in [0, 0.1) is 0 Å². The van der Waals surface area contributed by atoms with Crippen LogP contribution in [-0.2, 0) is 10.0 Å². The molecule has 2 N–H and O–H groups in total. The number of nitrogens with one attached hydrogen (secondary N) is 2. The van der Waals surface area contributed by atoms with E-state index in [4.69, 9.17) is 0 Å². The molecule has 18 heavy (non-hydrogen) atoms. The number of para-hydroxylation sites is 1. The number of anilines is 1. The van der Waals surface area contributed by atoms with Crippen molar-refractivity contribution in [3.63, 3.8) is 0 Å². The van der Waals surface area contributed by atoms with Crippen LogP contribution in [0.25, 0.3) is 0 Å². The molecule has 0 aliphatic carbocycles. The molecule has 0 atom stereocenters. The van der Waals surface area contributed by atoms with Crippen molar-refractivity contribution in [3.8, 4) is 0 Å². The van der Waals surface area contributed by atoms with Crippen molar-refractivity contribution in [2.24, 2.45) is 0 Å². The lowest BCUT2D eigenvalue weighted by molar-refractivity contribution is 0.601. The molecule has 0 spiro atoms. The summed E-state index contributed by atoms with van der Waals surface area (Å²) in [6, 6.07) is 7.37. The van der Waals surface area contributed by atoms with E-state index in [0.29, 0.717) is 5.69 Å². The van der Waals surface area contributed by atoms with Crippen LogP contribution in [0.1, 0.15) is 25.3 Å². The standard InChI is InChI=1S/C12H15N3O2S/c1-9(2)11-5-3-4-6-12(11)15-18(16,17)10-7-13-14-8-10/h3-9,15H,1-2H3,(H,13,14). The Kier molecular flexibility index (Phi) is 3.38. The zero-order chi connectivity index (χ0) is 13.2. The SMILES string of the molecule is CC(C)c1ccccc1NS(=O)(=O)c1cn[nH]c1. The van der Waals surface area contributed by atoms with Crippen molar-refractivity contribution >= 4 is 15.7 Å². The summed E-state index contributed by atoms with van der Waals surface area (Å²) in [6.07, 6.45) is 2.63. The van der Waals surface area contributed by atoms with Gasteiger partial charge in [-0.25, -0.2) is 8.42 Å². The van der Waals surface area contributed by atoms with Crippen LogP contribution < -0.4 is 4.72 Å². The van der Waals surface area contributed by atoms with E-state index >= 15 is 0 Å². The van der Waals surface area contributed by atoms with E-state index in [1.807, 2.05) is 26.0 Å². The highest BCUT2D eigenvalue weighted by atomic mass is 32.2. The summed E-state index contributed by atoms with van der Waals surface area (Å²) < 4.78 is 26.7. The van der Waals surface area contributed by atoms with Gasteiger partial charge in [0.1, 0.15) is 4.90 Å². The summed E-state index contributed by atoms with van der Waals surface area (Å²) in [7, 11) is -3.57. The molecule has 0 saturated carbocycles.